The lowest BCUT2D eigenvalue weighted by Crippen LogP contribution is -2.51. The van der Waals surface area contributed by atoms with Gasteiger partial charge >= 0.3 is 0 Å². The lowest BCUT2D eigenvalue weighted by molar-refractivity contribution is -0.129. The minimum atomic E-state index is 0. The first-order valence-electron chi connectivity index (χ1n) is 9.90. The van der Waals surface area contributed by atoms with Gasteiger partial charge < -0.3 is 15.8 Å². The fourth-order valence-electron chi connectivity index (χ4n) is 4.95. The Morgan fingerprint density at radius 1 is 1.23 bits per heavy atom. The van der Waals surface area contributed by atoms with Crippen molar-refractivity contribution in [3.8, 4) is 0 Å². The molecule has 7 heteroatoms. The Balaban J connectivity index is 0.00000169. The van der Waals surface area contributed by atoms with Crippen LogP contribution in [-0.2, 0) is 9.53 Å². The van der Waals surface area contributed by atoms with Gasteiger partial charge in [0.1, 0.15) is 0 Å². The number of rotatable bonds is 5. The maximum absolute atomic E-state index is 12.6. The van der Waals surface area contributed by atoms with E-state index in [1.165, 1.54) is 19.3 Å². The highest BCUT2D eigenvalue weighted by Crippen LogP contribution is 2.41. The van der Waals surface area contributed by atoms with Crippen LogP contribution in [0.4, 0.5) is 0 Å². The number of fused-ring (bicyclic) bond motifs is 2. The number of halogens is 2. The van der Waals surface area contributed by atoms with Crippen molar-refractivity contribution in [2.45, 2.75) is 58.1 Å². The highest BCUT2D eigenvalue weighted by atomic mass is 35.5. The Morgan fingerprint density at radius 3 is 2.50 bits per heavy atom. The van der Waals surface area contributed by atoms with E-state index in [2.05, 4.69) is 24.1 Å². The number of morpholine rings is 1. The van der Waals surface area contributed by atoms with Gasteiger partial charge in [-0.1, -0.05) is 20.3 Å². The van der Waals surface area contributed by atoms with E-state index in [0.717, 1.165) is 39.1 Å². The van der Waals surface area contributed by atoms with Crippen molar-refractivity contribution < 1.29 is 9.53 Å². The zero-order valence-electron chi connectivity index (χ0n) is 16.2. The Hall–Kier alpha value is -0.0700. The summed E-state index contributed by atoms with van der Waals surface area (Å²) in [6.45, 7) is 8.96. The van der Waals surface area contributed by atoms with E-state index in [-0.39, 0.29) is 42.7 Å². The first kappa shape index (κ1) is 24.0. The van der Waals surface area contributed by atoms with Crippen molar-refractivity contribution in [1.29, 1.82) is 0 Å². The second-order valence-electron chi connectivity index (χ2n) is 8.59. The molecule has 3 unspecified atom stereocenters. The van der Waals surface area contributed by atoms with E-state index < -0.39 is 0 Å². The normalized spacial score (nSPS) is 34.5. The Labute approximate surface area is 171 Å². The minimum absolute atomic E-state index is 0. The van der Waals surface area contributed by atoms with Crippen LogP contribution < -0.4 is 11.1 Å². The first-order chi connectivity index (χ1) is 11.5. The fourth-order valence-corrected chi connectivity index (χ4v) is 4.95. The summed E-state index contributed by atoms with van der Waals surface area (Å²) in [6.07, 6.45) is 5.79. The summed E-state index contributed by atoms with van der Waals surface area (Å²) >= 11 is 0. The number of hydrogen-bond donors (Lipinski definition) is 2. The number of nitrogens with two attached hydrogens (primary N) is 1. The molecular formula is C19H37Cl2N3O2. The average molecular weight is 410 g/mol. The molecule has 1 saturated heterocycles. The molecule has 1 amide bonds. The highest BCUT2D eigenvalue weighted by molar-refractivity contribution is 5.85. The SMILES string of the molecule is CC(C)CN1CCOC(CNC(=O)C2CC3CCCC(C2)C3N)C1.Cl.Cl. The van der Waals surface area contributed by atoms with Crippen molar-refractivity contribution in [2.24, 2.45) is 29.4 Å². The molecule has 0 aromatic heterocycles. The van der Waals surface area contributed by atoms with E-state index in [4.69, 9.17) is 10.5 Å². The van der Waals surface area contributed by atoms with E-state index >= 15 is 0 Å². The first-order valence-corrected chi connectivity index (χ1v) is 9.90. The van der Waals surface area contributed by atoms with Crippen LogP contribution in [0.3, 0.4) is 0 Å². The molecule has 5 nitrogen and oxygen atoms in total. The third kappa shape index (κ3) is 6.23. The second kappa shape index (κ2) is 11.1. The van der Waals surface area contributed by atoms with Gasteiger partial charge in [-0.05, 0) is 43.4 Å². The highest BCUT2D eigenvalue weighted by Gasteiger charge is 2.40. The van der Waals surface area contributed by atoms with Crippen LogP contribution in [0.5, 0.6) is 0 Å². The van der Waals surface area contributed by atoms with Gasteiger partial charge in [-0.3, -0.25) is 9.69 Å². The van der Waals surface area contributed by atoms with Gasteiger partial charge in [0, 0.05) is 38.1 Å². The second-order valence-corrected chi connectivity index (χ2v) is 8.59. The molecule has 3 fully saturated rings. The molecular weight excluding hydrogens is 373 g/mol. The molecule has 1 heterocycles. The number of ether oxygens (including phenoxy) is 1. The summed E-state index contributed by atoms with van der Waals surface area (Å²) in [5.74, 6) is 2.17. The van der Waals surface area contributed by atoms with Crippen LogP contribution in [0.1, 0.15) is 46.0 Å². The number of amides is 1. The molecule has 3 aliphatic rings. The standard InChI is InChI=1S/C19H35N3O2.2ClH/c1-13(2)11-22-6-7-24-17(12-22)10-21-19(23)16-8-14-4-3-5-15(9-16)18(14)20;;/h13-18H,3-12,20H2,1-2H3,(H,21,23);2*1H. The minimum Gasteiger partial charge on any atom is -0.374 e. The van der Waals surface area contributed by atoms with Gasteiger partial charge in [-0.25, -0.2) is 0 Å². The van der Waals surface area contributed by atoms with Gasteiger partial charge in [-0.2, -0.15) is 0 Å². The van der Waals surface area contributed by atoms with E-state index in [0.29, 0.717) is 30.3 Å². The molecule has 0 aromatic carbocycles. The van der Waals surface area contributed by atoms with Gasteiger partial charge in [0.2, 0.25) is 5.91 Å². The molecule has 0 aromatic rings. The summed E-state index contributed by atoms with van der Waals surface area (Å²) in [5.41, 5.74) is 6.34. The van der Waals surface area contributed by atoms with Crippen LogP contribution in [0.15, 0.2) is 0 Å². The maximum Gasteiger partial charge on any atom is 0.223 e. The molecule has 3 atom stereocenters. The van der Waals surface area contributed by atoms with Crippen LogP contribution >= 0.6 is 24.8 Å². The van der Waals surface area contributed by atoms with Crippen molar-refractivity contribution in [3.63, 3.8) is 0 Å². The quantitative estimate of drug-likeness (QED) is 0.731. The van der Waals surface area contributed by atoms with Gasteiger partial charge in [0.15, 0.2) is 0 Å². The lowest BCUT2D eigenvalue weighted by atomic mass is 9.65. The molecule has 3 rings (SSSR count). The summed E-state index contributed by atoms with van der Waals surface area (Å²) in [6, 6.07) is 0.328. The number of carbonyl (C=O) groups is 1. The number of carbonyl (C=O) groups excluding carboxylic acids is 1. The van der Waals surface area contributed by atoms with E-state index in [1.54, 1.807) is 0 Å². The predicted molar refractivity (Wildman–Crippen MR) is 110 cm³/mol. The van der Waals surface area contributed by atoms with Gasteiger partial charge in [-0.15, -0.1) is 24.8 Å². The molecule has 2 saturated carbocycles. The molecule has 2 bridgehead atoms. The molecule has 0 spiro atoms. The zero-order chi connectivity index (χ0) is 17.1. The third-order valence-corrected chi connectivity index (χ3v) is 6.13. The van der Waals surface area contributed by atoms with Gasteiger partial charge in [0.05, 0.1) is 12.7 Å². The Bertz CT molecular complexity index is 425. The average Bonchev–Trinajstić information content (AvgIpc) is 2.52. The summed E-state index contributed by atoms with van der Waals surface area (Å²) in [5, 5.41) is 3.17. The molecule has 26 heavy (non-hydrogen) atoms. The zero-order valence-corrected chi connectivity index (χ0v) is 17.8. The largest absolute Gasteiger partial charge is 0.374 e. The van der Waals surface area contributed by atoms with Gasteiger partial charge in [0.25, 0.3) is 0 Å². The van der Waals surface area contributed by atoms with Crippen LogP contribution in [0.2, 0.25) is 0 Å². The van der Waals surface area contributed by atoms with Crippen molar-refractivity contribution in [3.05, 3.63) is 0 Å². The summed E-state index contributed by atoms with van der Waals surface area (Å²) < 4.78 is 5.84. The number of nitrogens with zero attached hydrogens (tertiary/aromatic N) is 1. The lowest BCUT2D eigenvalue weighted by Gasteiger charge is -2.43. The van der Waals surface area contributed by atoms with Crippen molar-refractivity contribution in [1.82, 2.24) is 10.2 Å². The van der Waals surface area contributed by atoms with Crippen molar-refractivity contribution >= 4 is 30.7 Å². The van der Waals surface area contributed by atoms with Crippen LogP contribution in [0, 0.1) is 23.7 Å². The third-order valence-electron chi connectivity index (χ3n) is 6.13. The monoisotopic (exact) mass is 409 g/mol. The predicted octanol–water partition coefficient (Wildman–Crippen LogP) is 2.46. The van der Waals surface area contributed by atoms with Crippen LogP contribution in [0.25, 0.3) is 0 Å². The summed E-state index contributed by atoms with van der Waals surface area (Å²) in [7, 11) is 0. The Morgan fingerprint density at radius 2 is 1.88 bits per heavy atom. The number of hydrogen-bond acceptors (Lipinski definition) is 4. The molecule has 3 N–H and O–H groups in total. The van der Waals surface area contributed by atoms with E-state index in [1.807, 2.05) is 0 Å². The van der Waals surface area contributed by atoms with Crippen LogP contribution in [-0.4, -0.2) is 55.7 Å². The molecule has 2 aliphatic carbocycles. The Kier molecular flexibility index (Phi) is 10.2. The topological polar surface area (TPSA) is 67.6 Å². The van der Waals surface area contributed by atoms with Crippen molar-refractivity contribution in [2.75, 3.05) is 32.8 Å². The summed E-state index contributed by atoms with van der Waals surface area (Å²) in [4.78, 5) is 15.1. The number of nitrogens with one attached hydrogen (secondary N) is 1. The maximum atomic E-state index is 12.6. The fraction of sp³-hybridized carbons (Fsp3) is 0.947. The molecule has 1 aliphatic heterocycles. The molecule has 0 radical (unpaired) electrons. The van der Waals surface area contributed by atoms with E-state index in [9.17, 15) is 4.79 Å². The molecule has 154 valence electrons. The smallest absolute Gasteiger partial charge is 0.223 e.